The Bertz CT molecular complexity index is 690. The van der Waals surface area contributed by atoms with Crippen LogP contribution in [0.15, 0.2) is 10.6 Å². The van der Waals surface area contributed by atoms with Crippen molar-refractivity contribution in [2.75, 3.05) is 13.1 Å². The Hall–Kier alpha value is -1.89. The van der Waals surface area contributed by atoms with Gasteiger partial charge in [0.1, 0.15) is 0 Å². The van der Waals surface area contributed by atoms with Crippen LogP contribution in [0.1, 0.15) is 52.3 Å². The molecule has 0 aliphatic carbocycles. The molecule has 3 rings (SSSR count). The van der Waals surface area contributed by atoms with Gasteiger partial charge in [0.25, 0.3) is 0 Å². The highest BCUT2D eigenvalue weighted by molar-refractivity contribution is 7.11. The summed E-state index contributed by atoms with van der Waals surface area (Å²) in [6.45, 7) is 7.46. The molecule has 0 aromatic carbocycles. The van der Waals surface area contributed by atoms with E-state index < -0.39 is 0 Å². The molecule has 0 unspecified atom stereocenters. The predicted molar refractivity (Wildman–Crippen MR) is 93.2 cm³/mol. The summed E-state index contributed by atoms with van der Waals surface area (Å²) >= 11 is 1.74. The van der Waals surface area contributed by atoms with Gasteiger partial charge < -0.3 is 14.7 Å². The van der Waals surface area contributed by atoms with Crippen molar-refractivity contribution in [3.63, 3.8) is 0 Å². The largest absolute Gasteiger partial charge is 0.359 e. The number of rotatable bonds is 5. The van der Waals surface area contributed by atoms with Gasteiger partial charge in [-0.05, 0) is 40.0 Å². The Morgan fingerprint density at radius 2 is 2.29 bits per heavy atom. The maximum absolute atomic E-state index is 12.4. The van der Waals surface area contributed by atoms with E-state index in [4.69, 9.17) is 4.52 Å². The lowest BCUT2D eigenvalue weighted by Crippen LogP contribution is -2.39. The summed E-state index contributed by atoms with van der Waals surface area (Å²) < 4.78 is 5.35. The minimum Gasteiger partial charge on any atom is -0.359 e. The molecular formula is C17H24N4O2S. The van der Waals surface area contributed by atoms with E-state index in [1.165, 1.54) is 4.88 Å². The van der Waals surface area contributed by atoms with Crippen LogP contribution in [0.4, 0.5) is 4.79 Å². The molecule has 1 fully saturated rings. The summed E-state index contributed by atoms with van der Waals surface area (Å²) in [6.07, 6.45) is 3.73. The maximum atomic E-state index is 12.4. The lowest BCUT2D eigenvalue weighted by molar-refractivity contribution is 0.182. The number of hydrogen-bond acceptors (Lipinski definition) is 5. The van der Waals surface area contributed by atoms with Crippen LogP contribution in [0, 0.1) is 20.8 Å². The zero-order chi connectivity index (χ0) is 17.1. The highest BCUT2D eigenvalue weighted by Gasteiger charge is 2.32. The van der Waals surface area contributed by atoms with Crippen LogP contribution in [0.2, 0.25) is 0 Å². The minimum atomic E-state index is -0.0157. The summed E-state index contributed by atoms with van der Waals surface area (Å²) in [5.74, 6) is 0.786. The summed E-state index contributed by atoms with van der Waals surface area (Å²) in [4.78, 5) is 20.1. The Labute approximate surface area is 146 Å². The van der Waals surface area contributed by atoms with Crippen LogP contribution in [0.5, 0.6) is 0 Å². The number of thiazole rings is 1. The van der Waals surface area contributed by atoms with Gasteiger partial charge in [0.2, 0.25) is 0 Å². The van der Waals surface area contributed by atoms with Crippen molar-refractivity contribution in [3.8, 4) is 0 Å². The lowest BCUT2D eigenvalue weighted by atomic mass is 10.1. The Kier molecular flexibility index (Phi) is 5.18. The van der Waals surface area contributed by atoms with Crippen molar-refractivity contribution in [2.24, 2.45) is 0 Å². The highest BCUT2D eigenvalue weighted by atomic mass is 32.1. The molecular weight excluding hydrogens is 324 g/mol. The summed E-state index contributed by atoms with van der Waals surface area (Å²) in [6, 6.07) is 1.91. The van der Waals surface area contributed by atoms with Gasteiger partial charge in [0.05, 0.1) is 22.4 Å². The number of hydrogen-bond donors (Lipinski definition) is 1. The fraction of sp³-hybridized carbons (Fsp3) is 0.588. The number of aromatic nitrogens is 2. The Balaban J connectivity index is 1.47. The van der Waals surface area contributed by atoms with Crippen LogP contribution in [0.25, 0.3) is 0 Å². The van der Waals surface area contributed by atoms with Crippen molar-refractivity contribution in [1.82, 2.24) is 20.4 Å². The van der Waals surface area contributed by atoms with Crippen molar-refractivity contribution in [3.05, 3.63) is 33.1 Å². The summed E-state index contributed by atoms with van der Waals surface area (Å²) in [7, 11) is 0. The van der Waals surface area contributed by atoms with Crippen LogP contribution in [-0.4, -0.2) is 34.2 Å². The molecule has 1 aliphatic rings. The smallest absolute Gasteiger partial charge is 0.318 e. The fourth-order valence-electron chi connectivity index (χ4n) is 3.03. The third-order valence-corrected chi connectivity index (χ3v) is 5.54. The minimum absolute atomic E-state index is 0.00969. The number of nitrogens with zero attached hydrogens (tertiary/aromatic N) is 3. The van der Waals surface area contributed by atoms with Gasteiger partial charge in [-0.1, -0.05) is 5.16 Å². The van der Waals surface area contributed by atoms with Gasteiger partial charge in [0.15, 0.2) is 5.76 Å². The van der Waals surface area contributed by atoms with Crippen molar-refractivity contribution in [1.29, 1.82) is 0 Å². The monoisotopic (exact) mass is 348 g/mol. The number of amides is 2. The molecule has 0 radical (unpaired) electrons. The van der Waals surface area contributed by atoms with Crippen molar-refractivity contribution < 1.29 is 9.32 Å². The quantitative estimate of drug-likeness (QED) is 0.839. The molecule has 0 saturated carbocycles. The molecule has 2 amide bonds. The van der Waals surface area contributed by atoms with E-state index >= 15 is 0 Å². The standard InChI is InChI=1S/C17H24N4O2S/c1-11-10-15(23-20-11)14-6-5-9-21(14)17(22)18-8-4-7-16-19-12(2)13(3)24-16/h10,14H,4-9H2,1-3H3,(H,18,22)/t14-/m1/s1. The average molecular weight is 348 g/mol. The molecule has 7 heteroatoms. The van der Waals surface area contributed by atoms with E-state index in [1.807, 2.05) is 24.8 Å². The number of urea groups is 1. The normalized spacial score (nSPS) is 17.5. The first-order valence-electron chi connectivity index (χ1n) is 8.45. The highest BCUT2D eigenvalue weighted by Crippen LogP contribution is 2.32. The summed E-state index contributed by atoms with van der Waals surface area (Å²) in [5.41, 5.74) is 1.97. The zero-order valence-corrected chi connectivity index (χ0v) is 15.3. The van der Waals surface area contributed by atoms with E-state index in [0.29, 0.717) is 6.54 Å². The van der Waals surface area contributed by atoms with Gasteiger partial charge in [-0.25, -0.2) is 9.78 Å². The second-order valence-corrected chi connectivity index (χ2v) is 7.59. The molecule has 0 bridgehead atoms. The second-order valence-electron chi connectivity index (χ2n) is 6.31. The van der Waals surface area contributed by atoms with Gasteiger partial charge in [-0.15, -0.1) is 11.3 Å². The molecule has 6 nitrogen and oxygen atoms in total. The number of carbonyl (C=O) groups is 1. The topological polar surface area (TPSA) is 71.3 Å². The molecule has 2 aromatic heterocycles. The molecule has 2 aromatic rings. The average Bonchev–Trinajstić information content (AvgIpc) is 3.25. The van der Waals surface area contributed by atoms with Crippen LogP contribution >= 0.6 is 11.3 Å². The van der Waals surface area contributed by atoms with E-state index in [9.17, 15) is 4.79 Å². The molecule has 1 aliphatic heterocycles. The molecule has 3 heterocycles. The zero-order valence-electron chi connectivity index (χ0n) is 14.5. The second kappa shape index (κ2) is 7.34. The fourth-order valence-corrected chi connectivity index (χ4v) is 4.00. The Morgan fingerprint density at radius 3 is 2.96 bits per heavy atom. The number of nitrogens with one attached hydrogen (secondary N) is 1. The lowest BCUT2D eigenvalue weighted by Gasteiger charge is -2.23. The van der Waals surface area contributed by atoms with Crippen LogP contribution < -0.4 is 5.32 Å². The first-order chi connectivity index (χ1) is 11.5. The predicted octanol–water partition coefficient (Wildman–Crippen LogP) is 3.54. The third-order valence-electron chi connectivity index (χ3n) is 4.40. The van der Waals surface area contributed by atoms with Gasteiger partial charge in [-0.3, -0.25) is 0 Å². The van der Waals surface area contributed by atoms with Crippen molar-refractivity contribution in [2.45, 2.75) is 52.5 Å². The number of likely N-dealkylation sites (tertiary alicyclic amines) is 1. The Morgan fingerprint density at radius 1 is 1.46 bits per heavy atom. The van der Waals surface area contributed by atoms with Gasteiger partial charge in [0, 0.05) is 30.5 Å². The van der Waals surface area contributed by atoms with Crippen LogP contribution in [0.3, 0.4) is 0 Å². The van der Waals surface area contributed by atoms with E-state index in [1.54, 1.807) is 11.3 Å². The third kappa shape index (κ3) is 3.77. The maximum Gasteiger partial charge on any atom is 0.318 e. The van der Waals surface area contributed by atoms with E-state index in [0.717, 1.165) is 54.4 Å². The molecule has 1 saturated heterocycles. The van der Waals surface area contributed by atoms with Gasteiger partial charge in [-0.2, -0.15) is 0 Å². The summed E-state index contributed by atoms with van der Waals surface area (Å²) in [5, 5.41) is 8.11. The molecule has 0 spiro atoms. The number of carbonyl (C=O) groups excluding carboxylic acids is 1. The SMILES string of the molecule is Cc1cc([C@H]2CCCN2C(=O)NCCCc2nc(C)c(C)s2)on1. The van der Waals surface area contributed by atoms with E-state index in [-0.39, 0.29) is 12.1 Å². The first kappa shape index (κ1) is 17.0. The van der Waals surface area contributed by atoms with E-state index in [2.05, 4.69) is 22.4 Å². The molecule has 1 atom stereocenters. The number of aryl methyl sites for hydroxylation is 4. The van der Waals surface area contributed by atoms with Crippen molar-refractivity contribution >= 4 is 17.4 Å². The molecule has 1 N–H and O–H groups in total. The molecule has 24 heavy (non-hydrogen) atoms. The first-order valence-corrected chi connectivity index (χ1v) is 9.27. The molecule has 130 valence electrons. The van der Waals surface area contributed by atoms with Crippen LogP contribution in [-0.2, 0) is 6.42 Å². The van der Waals surface area contributed by atoms with Gasteiger partial charge >= 0.3 is 6.03 Å².